The lowest BCUT2D eigenvalue weighted by Crippen LogP contribution is -2.13. The number of alkyl halides is 3. The summed E-state index contributed by atoms with van der Waals surface area (Å²) >= 11 is 0.568. The molecule has 0 saturated carbocycles. The van der Waals surface area contributed by atoms with Crippen LogP contribution in [-0.4, -0.2) is 16.1 Å². The number of nitriles is 1. The highest BCUT2D eigenvalue weighted by Crippen LogP contribution is 2.42. The van der Waals surface area contributed by atoms with Crippen LogP contribution in [0.15, 0.2) is 64.2 Å². The first-order valence-corrected chi connectivity index (χ1v) is 8.70. The number of aromatic nitrogens is 1. The molecule has 9 heteroatoms. The Morgan fingerprint density at radius 1 is 1.21 bits per heavy atom. The van der Waals surface area contributed by atoms with Crippen LogP contribution in [0, 0.1) is 11.3 Å². The van der Waals surface area contributed by atoms with Crippen LogP contribution >= 0.6 is 11.8 Å². The second-order valence-corrected chi connectivity index (χ2v) is 6.66. The maximum absolute atomic E-state index is 13.5. The highest BCUT2D eigenvalue weighted by atomic mass is 32.2. The van der Waals surface area contributed by atoms with E-state index in [-0.39, 0.29) is 16.5 Å². The van der Waals surface area contributed by atoms with Crippen LogP contribution in [0.2, 0.25) is 0 Å². The van der Waals surface area contributed by atoms with Gasteiger partial charge in [0.2, 0.25) is 0 Å². The van der Waals surface area contributed by atoms with Gasteiger partial charge in [-0.3, -0.25) is 4.79 Å². The zero-order valence-corrected chi connectivity index (χ0v) is 14.8. The number of hydrogen-bond donors (Lipinski definition) is 1. The van der Waals surface area contributed by atoms with E-state index in [4.69, 9.17) is 4.42 Å². The molecule has 0 spiro atoms. The number of pyridine rings is 1. The Labute approximate surface area is 161 Å². The van der Waals surface area contributed by atoms with Crippen LogP contribution in [0.4, 0.5) is 13.2 Å². The number of halogens is 3. The number of carboxylic acids is 1. The molecule has 1 aromatic carbocycles. The first kappa shape index (κ1) is 19.5. The number of furan rings is 1. The molecule has 3 aromatic rings. The quantitative estimate of drug-likeness (QED) is 0.592. The smallest absolute Gasteiger partial charge is 0.417 e. The third-order valence-corrected chi connectivity index (χ3v) is 4.96. The summed E-state index contributed by atoms with van der Waals surface area (Å²) in [7, 11) is 0. The molecule has 142 valence electrons. The fraction of sp³-hybridized carbons (Fsp3) is 0.105. The van der Waals surface area contributed by atoms with Gasteiger partial charge in [0, 0.05) is 0 Å². The molecule has 0 bridgehead atoms. The van der Waals surface area contributed by atoms with E-state index in [0.29, 0.717) is 17.3 Å². The Hall–Kier alpha value is -3.25. The van der Waals surface area contributed by atoms with E-state index in [1.54, 1.807) is 30.3 Å². The molecule has 2 aromatic heterocycles. The highest BCUT2D eigenvalue weighted by Gasteiger charge is 2.37. The predicted molar refractivity (Wildman–Crippen MR) is 94.3 cm³/mol. The summed E-state index contributed by atoms with van der Waals surface area (Å²) < 4.78 is 45.7. The summed E-state index contributed by atoms with van der Waals surface area (Å²) in [4.78, 5) is 15.8. The van der Waals surface area contributed by atoms with Crippen LogP contribution in [0.25, 0.3) is 11.5 Å². The number of rotatable bonds is 5. The molecule has 1 atom stereocenters. The average Bonchev–Trinajstić information content (AvgIpc) is 3.20. The third kappa shape index (κ3) is 4.02. The number of hydrogen-bond acceptors (Lipinski definition) is 5. The van der Waals surface area contributed by atoms with Gasteiger partial charge >= 0.3 is 12.1 Å². The first-order valence-electron chi connectivity index (χ1n) is 7.82. The normalized spacial score (nSPS) is 12.4. The summed E-state index contributed by atoms with van der Waals surface area (Å²) in [5.74, 6) is -1.19. The van der Waals surface area contributed by atoms with Crippen molar-refractivity contribution in [2.24, 2.45) is 0 Å². The van der Waals surface area contributed by atoms with Crippen molar-refractivity contribution >= 4 is 17.7 Å². The molecule has 0 aliphatic heterocycles. The molecule has 28 heavy (non-hydrogen) atoms. The Morgan fingerprint density at radius 2 is 1.93 bits per heavy atom. The second kappa shape index (κ2) is 7.78. The lowest BCUT2D eigenvalue weighted by atomic mass is 10.1. The monoisotopic (exact) mass is 404 g/mol. The van der Waals surface area contributed by atoms with E-state index in [1.807, 2.05) is 0 Å². The summed E-state index contributed by atoms with van der Waals surface area (Å²) in [6, 6.07) is 13.1. The van der Waals surface area contributed by atoms with Gasteiger partial charge in [0.05, 0.1) is 17.4 Å². The minimum Gasteiger partial charge on any atom is -0.480 e. The molecule has 2 heterocycles. The Morgan fingerprint density at radius 3 is 2.46 bits per heavy atom. The molecule has 0 radical (unpaired) electrons. The SMILES string of the molecule is N#Cc1c(C(F)(F)F)cc(-c2ccco2)nc1S[C@@H](C(=O)O)c1ccccc1. The average molecular weight is 404 g/mol. The number of thioether (sulfide) groups is 1. The Bertz CT molecular complexity index is 1030. The predicted octanol–water partition coefficient (Wildman–Crippen LogP) is 5.15. The maximum atomic E-state index is 13.5. The fourth-order valence-electron chi connectivity index (χ4n) is 2.49. The standard InChI is InChI=1S/C19H11F3N2O3S/c20-19(21,22)13-9-14(15-7-4-8-27-15)24-17(12(13)10-23)28-16(18(25)26)11-5-2-1-3-6-11/h1-9,16H,(H,25,26)/t16-/m1/s1. The number of carbonyl (C=O) groups is 1. The van der Waals surface area contributed by atoms with Crippen LogP contribution in [0.5, 0.6) is 0 Å². The Balaban J connectivity index is 2.17. The molecule has 1 N–H and O–H groups in total. The lowest BCUT2D eigenvalue weighted by molar-refractivity contribution is -0.138. The molecule has 3 rings (SSSR count). The van der Waals surface area contributed by atoms with Crippen molar-refractivity contribution in [3.63, 3.8) is 0 Å². The molecule has 0 amide bonds. The second-order valence-electron chi connectivity index (χ2n) is 5.57. The molecule has 5 nitrogen and oxygen atoms in total. The number of benzene rings is 1. The van der Waals surface area contributed by atoms with Crippen molar-refractivity contribution in [2.75, 3.05) is 0 Å². The van der Waals surface area contributed by atoms with E-state index < -0.39 is 28.5 Å². The molecule has 0 aliphatic rings. The first-order chi connectivity index (χ1) is 13.3. The van der Waals surface area contributed by atoms with E-state index in [9.17, 15) is 28.3 Å². The molecule has 0 aliphatic carbocycles. The van der Waals surface area contributed by atoms with Gasteiger partial charge in [-0.2, -0.15) is 18.4 Å². The van der Waals surface area contributed by atoms with E-state index >= 15 is 0 Å². The van der Waals surface area contributed by atoms with Crippen molar-refractivity contribution in [3.05, 3.63) is 71.5 Å². The van der Waals surface area contributed by atoms with Gasteiger partial charge < -0.3 is 9.52 Å². The molecular formula is C19H11F3N2O3S. The Kier molecular flexibility index (Phi) is 5.42. The number of aliphatic carboxylic acids is 1. The van der Waals surface area contributed by atoms with Gasteiger partial charge in [0.15, 0.2) is 5.76 Å². The van der Waals surface area contributed by atoms with Gasteiger partial charge in [-0.25, -0.2) is 4.98 Å². The lowest BCUT2D eigenvalue weighted by Gasteiger charge is -2.16. The van der Waals surface area contributed by atoms with Gasteiger partial charge in [0.25, 0.3) is 0 Å². The summed E-state index contributed by atoms with van der Waals surface area (Å²) in [6.45, 7) is 0. The highest BCUT2D eigenvalue weighted by molar-refractivity contribution is 8.00. The summed E-state index contributed by atoms with van der Waals surface area (Å²) in [5, 5.41) is 17.3. The molecular weight excluding hydrogens is 393 g/mol. The van der Waals surface area contributed by atoms with E-state index in [1.165, 1.54) is 24.5 Å². The van der Waals surface area contributed by atoms with Crippen LogP contribution < -0.4 is 0 Å². The molecule has 0 unspecified atom stereocenters. The number of carboxylic acid groups (broad SMARTS) is 1. The molecule has 0 fully saturated rings. The van der Waals surface area contributed by atoms with Crippen molar-refractivity contribution in [2.45, 2.75) is 16.5 Å². The van der Waals surface area contributed by atoms with Crippen molar-refractivity contribution in [3.8, 4) is 17.5 Å². The van der Waals surface area contributed by atoms with E-state index in [2.05, 4.69) is 4.98 Å². The zero-order chi connectivity index (χ0) is 20.3. The van der Waals surface area contributed by atoms with Gasteiger partial charge in [-0.15, -0.1) is 0 Å². The fourth-order valence-corrected chi connectivity index (χ4v) is 3.53. The largest absolute Gasteiger partial charge is 0.480 e. The van der Waals surface area contributed by atoms with Crippen molar-refractivity contribution < 1.29 is 27.5 Å². The van der Waals surface area contributed by atoms with Gasteiger partial charge in [-0.1, -0.05) is 42.1 Å². The third-order valence-electron chi connectivity index (χ3n) is 3.73. The minimum atomic E-state index is -4.82. The van der Waals surface area contributed by atoms with Crippen molar-refractivity contribution in [1.82, 2.24) is 4.98 Å². The minimum absolute atomic E-state index is 0.0726. The van der Waals surface area contributed by atoms with Crippen LogP contribution in [0.3, 0.4) is 0 Å². The van der Waals surface area contributed by atoms with Gasteiger partial charge in [0.1, 0.15) is 22.0 Å². The molecule has 0 saturated heterocycles. The van der Waals surface area contributed by atoms with E-state index in [0.717, 1.165) is 6.07 Å². The topological polar surface area (TPSA) is 87.1 Å². The maximum Gasteiger partial charge on any atom is 0.417 e. The van der Waals surface area contributed by atoms with Crippen molar-refractivity contribution in [1.29, 1.82) is 5.26 Å². The zero-order valence-electron chi connectivity index (χ0n) is 14.0. The van der Waals surface area contributed by atoms with Gasteiger partial charge in [-0.05, 0) is 23.8 Å². The summed E-state index contributed by atoms with van der Waals surface area (Å²) in [5.41, 5.74) is -1.70. The number of nitrogens with zero attached hydrogens (tertiary/aromatic N) is 2. The summed E-state index contributed by atoms with van der Waals surface area (Å²) in [6.07, 6.45) is -3.55. The van der Waals surface area contributed by atoms with Crippen LogP contribution in [-0.2, 0) is 11.0 Å². The van der Waals surface area contributed by atoms with Crippen LogP contribution in [0.1, 0.15) is 21.9 Å².